The van der Waals surface area contributed by atoms with Crippen molar-refractivity contribution in [1.82, 2.24) is 4.98 Å². The molecule has 0 atom stereocenters. The zero-order valence-electron chi connectivity index (χ0n) is 8.95. The zero-order valence-corrected chi connectivity index (χ0v) is 10.6. The topological polar surface area (TPSA) is 50.2 Å². The lowest BCUT2D eigenvalue weighted by atomic mass is 10.3. The molecule has 3 nitrogen and oxygen atoms in total. The molecule has 0 aliphatic rings. The normalized spacial score (nSPS) is 10.5. The third-order valence-corrected chi connectivity index (χ3v) is 4.29. The van der Waals surface area contributed by atoms with Gasteiger partial charge in [0.2, 0.25) is 0 Å². The number of nitrogens with zero attached hydrogens (tertiary/aromatic N) is 1. The van der Waals surface area contributed by atoms with Gasteiger partial charge in [0, 0.05) is 10.6 Å². The quantitative estimate of drug-likeness (QED) is 0.618. The predicted molar refractivity (Wildman–Crippen MR) is 63.8 cm³/mol. The van der Waals surface area contributed by atoms with Crippen LogP contribution in [0.15, 0.2) is 4.34 Å². The molecule has 0 aliphatic heterocycles. The van der Waals surface area contributed by atoms with Gasteiger partial charge in [-0.1, -0.05) is 25.1 Å². The predicted octanol–water partition coefficient (Wildman–Crippen LogP) is 2.97. The van der Waals surface area contributed by atoms with Crippen LogP contribution in [0.2, 0.25) is 0 Å². The Morgan fingerprint density at radius 3 is 2.93 bits per heavy atom. The molecule has 0 radical (unpaired) electrons. The number of carbonyl (C=O) groups is 1. The first-order valence-corrected chi connectivity index (χ1v) is 6.74. The Morgan fingerprint density at radius 2 is 2.33 bits per heavy atom. The summed E-state index contributed by atoms with van der Waals surface area (Å²) in [6.07, 6.45) is 2.45. The third-order valence-electron chi connectivity index (χ3n) is 1.91. The van der Waals surface area contributed by atoms with Crippen LogP contribution in [0.4, 0.5) is 0 Å². The lowest BCUT2D eigenvalue weighted by Gasteiger charge is -1.93. The van der Waals surface area contributed by atoms with Crippen molar-refractivity contribution >= 4 is 29.1 Å². The molecular weight excluding hydrogens is 230 g/mol. The molecule has 0 spiro atoms. The number of rotatable bonds is 6. The van der Waals surface area contributed by atoms with E-state index >= 15 is 0 Å². The third kappa shape index (κ3) is 4.22. The van der Waals surface area contributed by atoms with Gasteiger partial charge in [-0.3, -0.25) is 4.79 Å². The highest BCUT2D eigenvalue weighted by molar-refractivity contribution is 8.01. The fourth-order valence-corrected chi connectivity index (χ4v) is 3.45. The van der Waals surface area contributed by atoms with Crippen LogP contribution in [0, 0.1) is 6.92 Å². The van der Waals surface area contributed by atoms with Gasteiger partial charge >= 0.3 is 5.97 Å². The molecule has 0 unspecified atom stereocenters. The Hall–Kier alpha value is -0.550. The summed E-state index contributed by atoms with van der Waals surface area (Å²) in [6, 6.07) is 0. The minimum Gasteiger partial charge on any atom is -0.481 e. The van der Waals surface area contributed by atoms with Crippen molar-refractivity contribution in [2.75, 3.05) is 5.75 Å². The van der Waals surface area contributed by atoms with Crippen LogP contribution < -0.4 is 0 Å². The first-order chi connectivity index (χ1) is 7.13. The Kier molecular flexibility index (Phi) is 5.11. The maximum atomic E-state index is 10.6. The number of unbranched alkanes of at least 4 members (excludes halogenated alkanes) is 1. The van der Waals surface area contributed by atoms with Crippen molar-refractivity contribution < 1.29 is 9.90 Å². The summed E-state index contributed by atoms with van der Waals surface area (Å²) in [5.41, 5.74) is 0.862. The second-order valence-corrected chi connectivity index (χ2v) is 5.69. The van der Waals surface area contributed by atoms with E-state index in [0.717, 1.165) is 20.7 Å². The van der Waals surface area contributed by atoms with Crippen molar-refractivity contribution in [2.45, 2.75) is 37.4 Å². The number of hydrogen-bond acceptors (Lipinski definition) is 4. The largest absolute Gasteiger partial charge is 0.481 e. The minimum atomic E-state index is -0.785. The summed E-state index contributed by atoms with van der Waals surface area (Å²) < 4.78 is 0.997. The maximum Gasteiger partial charge on any atom is 0.308 e. The van der Waals surface area contributed by atoms with Crippen molar-refractivity contribution in [2.24, 2.45) is 0 Å². The highest BCUT2D eigenvalue weighted by atomic mass is 32.2. The number of aryl methyl sites for hydroxylation is 1. The zero-order chi connectivity index (χ0) is 11.3. The SMILES string of the molecule is CCCCSc1nc(C)c(CC(=O)O)s1. The van der Waals surface area contributed by atoms with E-state index in [1.54, 1.807) is 11.8 Å². The fourth-order valence-electron chi connectivity index (χ4n) is 1.07. The average Bonchev–Trinajstić information content (AvgIpc) is 2.47. The van der Waals surface area contributed by atoms with Crippen LogP contribution in [0.25, 0.3) is 0 Å². The number of carboxylic acid groups (broad SMARTS) is 1. The molecule has 0 aromatic carbocycles. The standard InChI is InChI=1S/C10H15NO2S2/c1-3-4-5-14-10-11-7(2)8(15-10)6-9(12)13/h3-6H2,1-2H3,(H,12,13). The smallest absolute Gasteiger partial charge is 0.308 e. The molecular formula is C10H15NO2S2. The number of carboxylic acids is 1. The van der Waals surface area contributed by atoms with E-state index in [-0.39, 0.29) is 6.42 Å². The average molecular weight is 245 g/mol. The summed E-state index contributed by atoms with van der Waals surface area (Å²) in [7, 11) is 0. The van der Waals surface area contributed by atoms with Crippen molar-refractivity contribution in [3.8, 4) is 0 Å². The van der Waals surface area contributed by atoms with E-state index in [1.165, 1.54) is 24.2 Å². The van der Waals surface area contributed by atoms with Crippen molar-refractivity contribution in [3.63, 3.8) is 0 Å². The molecule has 15 heavy (non-hydrogen) atoms. The van der Waals surface area contributed by atoms with E-state index in [1.807, 2.05) is 6.92 Å². The molecule has 0 saturated carbocycles. The molecule has 5 heteroatoms. The van der Waals surface area contributed by atoms with E-state index in [9.17, 15) is 4.79 Å². The lowest BCUT2D eigenvalue weighted by Crippen LogP contribution is -1.99. The molecule has 0 fully saturated rings. The monoisotopic (exact) mass is 245 g/mol. The summed E-state index contributed by atoms with van der Waals surface area (Å²) in [5.74, 6) is 0.280. The summed E-state index contributed by atoms with van der Waals surface area (Å²) in [4.78, 5) is 15.8. The van der Waals surface area contributed by atoms with Gasteiger partial charge in [-0.2, -0.15) is 0 Å². The molecule has 1 aromatic rings. The van der Waals surface area contributed by atoms with E-state index < -0.39 is 5.97 Å². The first kappa shape index (κ1) is 12.5. The van der Waals surface area contributed by atoms with E-state index in [4.69, 9.17) is 5.11 Å². The van der Waals surface area contributed by atoms with Crippen LogP contribution in [0.1, 0.15) is 30.3 Å². The summed E-state index contributed by atoms with van der Waals surface area (Å²) in [5, 5.41) is 8.69. The number of hydrogen-bond donors (Lipinski definition) is 1. The molecule has 1 heterocycles. The van der Waals surface area contributed by atoms with Gasteiger partial charge in [0.1, 0.15) is 4.34 Å². The van der Waals surface area contributed by atoms with Gasteiger partial charge in [-0.25, -0.2) is 4.98 Å². The Labute approximate surface area is 97.9 Å². The van der Waals surface area contributed by atoms with Gasteiger partial charge in [-0.15, -0.1) is 11.3 Å². The van der Waals surface area contributed by atoms with Crippen LogP contribution in [-0.4, -0.2) is 21.8 Å². The molecule has 0 bridgehead atoms. The molecule has 0 saturated heterocycles. The molecule has 84 valence electrons. The second-order valence-electron chi connectivity index (χ2n) is 3.26. The Morgan fingerprint density at radius 1 is 1.60 bits per heavy atom. The Balaban J connectivity index is 2.56. The van der Waals surface area contributed by atoms with Gasteiger partial charge < -0.3 is 5.11 Å². The van der Waals surface area contributed by atoms with E-state index in [0.29, 0.717) is 0 Å². The van der Waals surface area contributed by atoms with Crippen molar-refractivity contribution in [3.05, 3.63) is 10.6 Å². The molecule has 1 rings (SSSR count). The maximum absolute atomic E-state index is 10.6. The fraction of sp³-hybridized carbons (Fsp3) is 0.600. The number of aliphatic carboxylic acids is 1. The van der Waals surface area contributed by atoms with E-state index in [2.05, 4.69) is 11.9 Å². The number of aromatic nitrogens is 1. The van der Waals surface area contributed by atoms with Crippen LogP contribution >= 0.6 is 23.1 Å². The van der Waals surface area contributed by atoms with Gasteiger partial charge in [-0.05, 0) is 13.3 Å². The second kappa shape index (κ2) is 6.12. The van der Waals surface area contributed by atoms with Gasteiger partial charge in [0.05, 0.1) is 12.1 Å². The van der Waals surface area contributed by atoms with Crippen LogP contribution in [0.5, 0.6) is 0 Å². The number of thiazole rings is 1. The molecule has 1 aromatic heterocycles. The highest BCUT2D eigenvalue weighted by Crippen LogP contribution is 2.28. The van der Waals surface area contributed by atoms with Gasteiger partial charge in [0.25, 0.3) is 0 Å². The number of thioether (sulfide) groups is 1. The summed E-state index contributed by atoms with van der Waals surface area (Å²) in [6.45, 7) is 4.03. The Bertz CT molecular complexity index is 336. The molecule has 0 aliphatic carbocycles. The molecule has 0 amide bonds. The highest BCUT2D eigenvalue weighted by Gasteiger charge is 2.10. The molecule has 1 N–H and O–H groups in total. The summed E-state index contributed by atoms with van der Waals surface area (Å²) >= 11 is 3.23. The van der Waals surface area contributed by atoms with Crippen molar-refractivity contribution in [1.29, 1.82) is 0 Å². The van der Waals surface area contributed by atoms with Crippen LogP contribution in [-0.2, 0) is 11.2 Å². The lowest BCUT2D eigenvalue weighted by molar-refractivity contribution is -0.136. The van der Waals surface area contributed by atoms with Crippen LogP contribution in [0.3, 0.4) is 0 Å². The van der Waals surface area contributed by atoms with Gasteiger partial charge in [0.15, 0.2) is 0 Å². The first-order valence-electron chi connectivity index (χ1n) is 4.94. The minimum absolute atomic E-state index is 0.0951.